The molecular formula is C15H21N3O2. The molecule has 1 aliphatic carbocycles. The van der Waals surface area contributed by atoms with Crippen LogP contribution in [0.5, 0.6) is 0 Å². The first-order valence-corrected chi connectivity index (χ1v) is 7.21. The van der Waals surface area contributed by atoms with Gasteiger partial charge >= 0.3 is 0 Å². The van der Waals surface area contributed by atoms with Crippen molar-refractivity contribution in [2.45, 2.75) is 44.9 Å². The van der Waals surface area contributed by atoms with E-state index < -0.39 is 0 Å². The normalized spacial score (nSPS) is 23.3. The van der Waals surface area contributed by atoms with Gasteiger partial charge in [-0.1, -0.05) is 6.42 Å². The molecule has 1 aromatic carbocycles. The highest BCUT2D eigenvalue weighted by Crippen LogP contribution is 2.28. The summed E-state index contributed by atoms with van der Waals surface area (Å²) in [5, 5.41) is 19.3. The van der Waals surface area contributed by atoms with Gasteiger partial charge in [0.1, 0.15) is 12.4 Å². The third-order valence-electron chi connectivity index (χ3n) is 4.19. The van der Waals surface area contributed by atoms with Crippen LogP contribution in [0, 0.1) is 5.92 Å². The van der Waals surface area contributed by atoms with Crippen LogP contribution >= 0.6 is 0 Å². The molecule has 2 unspecified atom stereocenters. The molecule has 3 rings (SSSR count). The number of benzene rings is 1. The van der Waals surface area contributed by atoms with Gasteiger partial charge in [0.25, 0.3) is 0 Å². The Hall–Kier alpha value is -1.59. The predicted molar refractivity (Wildman–Crippen MR) is 78.0 cm³/mol. The third-order valence-corrected chi connectivity index (χ3v) is 4.19. The van der Waals surface area contributed by atoms with Gasteiger partial charge in [-0.05, 0) is 43.4 Å². The number of fused-ring (bicyclic) bond motifs is 1. The summed E-state index contributed by atoms with van der Waals surface area (Å²) in [6.07, 6.45) is 3.75. The number of nitrogen functional groups attached to an aromatic ring is 1. The zero-order valence-electron chi connectivity index (χ0n) is 11.5. The monoisotopic (exact) mass is 275 g/mol. The molecule has 1 saturated carbocycles. The van der Waals surface area contributed by atoms with Crippen molar-refractivity contribution < 1.29 is 10.2 Å². The lowest BCUT2D eigenvalue weighted by molar-refractivity contribution is 0.0950. The number of hydrogen-bond donors (Lipinski definition) is 3. The minimum atomic E-state index is -0.184. The molecule has 1 aromatic heterocycles. The van der Waals surface area contributed by atoms with Crippen LogP contribution in [0.4, 0.5) is 5.69 Å². The Morgan fingerprint density at radius 2 is 2.20 bits per heavy atom. The van der Waals surface area contributed by atoms with E-state index in [1.807, 2.05) is 18.2 Å². The fraction of sp³-hybridized carbons (Fsp3) is 0.533. The number of nitrogens with two attached hydrogens (primary N) is 1. The summed E-state index contributed by atoms with van der Waals surface area (Å²) in [6.45, 7) is 0.719. The molecule has 0 bridgehead atoms. The van der Waals surface area contributed by atoms with E-state index in [2.05, 4.69) is 9.55 Å². The number of aliphatic hydroxyl groups excluding tert-OH is 2. The Bertz CT molecular complexity index is 608. The summed E-state index contributed by atoms with van der Waals surface area (Å²) in [4.78, 5) is 4.45. The van der Waals surface area contributed by atoms with E-state index in [4.69, 9.17) is 5.73 Å². The van der Waals surface area contributed by atoms with E-state index in [-0.39, 0.29) is 12.7 Å². The SMILES string of the molecule is Nc1ccc2c(c1)nc(CO)n2CC1CCCC(O)C1. The standard InChI is InChI=1S/C15H21N3O2/c16-11-4-5-14-13(7-11)17-15(9-19)18(14)8-10-2-1-3-12(20)6-10/h4-5,7,10,12,19-20H,1-3,6,8-9,16H2. The van der Waals surface area contributed by atoms with E-state index in [1.165, 1.54) is 0 Å². The topological polar surface area (TPSA) is 84.3 Å². The molecule has 2 atom stereocenters. The lowest BCUT2D eigenvalue weighted by Crippen LogP contribution is -2.23. The van der Waals surface area contributed by atoms with Crippen molar-refractivity contribution >= 4 is 16.7 Å². The average Bonchev–Trinajstić information content (AvgIpc) is 2.76. The second-order valence-electron chi connectivity index (χ2n) is 5.73. The molecule has 1 aliphatic rings. The quantitative estimate of drug-likeness (QED) is 0.744. The molecule has 0 radical (unpaired) electrons. The number of imidazole rings is 1. The van der Waals surface area contributed by atoms with E-state index in [9.17, 15) is 10.2 Å². The number of hydrogen-bond acceptors (Lipinski definition) is 4. The van der Waals surface area contributed by atoms with Gasteiger partial charge in [-0.25, -0.2) is 4.98 Å². The minimum absolute atomic E-state index is 0.0795. The second-order valence-corrected chi connectivity index (χ2v) is 5.73. The largest absolute Gasteiger partial charge is 0.399 e. The maximum atomic E-state index is 9.79. The van der Waals surface area contributed by atoms with Crippen LogP contribution in [-0.4, -0.2) is 25.9 Å². The summed E-state index contributed by atoms with van der Waals surface area (Å²) >= 11 is 0. The number of rotatable bonds is 3. The Kier molecular flexibility index (Phi) is 3.63. The molecule has 1 fully saturated rings. The number of nitrogens with zero attached hydrogens (tertiary/aromatic N) is 2. The van der Waals surface area contributed by atoms with Crippen molar-refractivity contribution in [1.29, 1.82) is 0 Å². The first-order chi connectivity index (χ1) is 9.67. The molecule has 0 amide bonds. The molecule has 20 heavy (non-hydrogen) atoms. The van der Waals surface area contributed by atoms with Gasteiger partial charge in [0.05, 0.1) is 17.1 Å². The molecule has 2 aromatic rings. The molecule has 0 spiro atoms. The number of anilines is 1. The van der Waals surface area contributed by atoms with Crippen molar-refractivity contribution in [1.82, 2.24) is 9.55 Å². The third kappa shape index (κ3) is 2.51. The number of aliphatic hydroxyl groups is 2. The maximum absolute atomic E-state index is 9.79. The number of aromatic nitrogens is 2. The Morgan fingerprint density at radius 3 is 2.95 bits per heavy atom. The van der Waals surface area contributed by atoms with Crippen LogP contribution < -0.4 is 5.73 Å². The van der Waals surface area contributed by atoms with Crippen LogP contribution in [-0.2, 0) is 13.2 Å². The maximum Gasteiger partial charge on any atom is 0.135 e. The van der Waals surface area contributed by atoms with Gasteiger partial charge in [0.2, 0.25) is 0 Å². The van der Waals surface area contributed by atoms with Crippen molar-refractivity contribution in [3.63, 3.8) is 0 Å². The van der Waals surface area contributed by atoms with Gasteiger partial charge < -0.3 is 20.5 Å². The van der Waals surface area contributed by atoms with Crippen molar-refractivity contribution in [3.8, 4) is 0 Å². The molecule has 108 valence electrons. The fourth-order valence-electron chi connectivity index (χ4n) is 3.21. The highest BCUT2D eigenvalue weighted by Gasteiger charge is 2.22. The zero-order valence-corrected chi connectivity index (χ0v) is 11.5. The summed E-state index contributed by atoms with van der Waals surface area (Å²) < 4.78 is 2.07. The van der Waals surface area contributed by atoms with Crippen molar-refractivity contribution in [2.24, 2.45) is 5.92 Å². The van der Waals surface area contributed by atoms with Gasteiger partial charge in [-0.3, -0.25) is 0 Å². The Morgan fingerprint density at radius 1 is 1.35 bits per heavy atom. The van der Waals surface area contributed by atoms with Gasteiger partial charge in [-0.2, -0.15) is 0 Å². The van der Waals surface area contributed by atoms with Gasteiger partial charge in [0.15, 0.2) is 0 Å². The van der Waals surface area contributed by atoms with E-state index >= 15 is 0 Å². The first kappa shape index (κ1) is 13.4. The van der Waals surface area contributed by atoms with E-state index in [1.54, 1.807) is 0 Å². The van der Waals surface area contributed by atoms with Crippen molar-refractivity contribution in [3.05, 3.63) is 24.0 Å². The summed E-state index contributed by atoms with van der Waals surface area (Å²) in [6, 6.07) is 5.65. The molecule has 1 heterocycles. The molecule has 5 nitrogen and oxygen atoms in total. The zero-order chi connectivity index (χ0) is 14.1. The van der Waals surface area contributed by atoms with Crippen LogP contribution in [0.25, 0.3) is 11.0 Å². The van der Waals surface area contributed by atoms with Crippen molar-refractivity contribution in [2.75, 3.05) is 5.73 Å². The first-order valence-electron chi connectivity index (χ1n) is 7.21. The van der Waals surface area contributed by atoms with Gasteiger partial charge in [0, 0.05) is 12.2 Å². The van der Waals surface area contributed by atoms with Crippen LogP contribution in [0.1, 0.15) is 31.5 Å². The van der Waals surface area contributed by atoms with Crippen LogP contribution in [0.2, 0.25) is 0 Å². The predicted octanol–water partition coefficient (Wildman–Crippen LogP) is 1.66. The molecule has 5 heteroatoms. The van der Waals surface area contributed by atoms with Crippen LogP contribution in [0.15, 0.2) is 18.2 Å². The molecule has 0 aliphatic heterocycles. The summed E-state index contributed by atoms with van der Waals surface area (Å²) in [7, 11) is 0. The smallest absolute Gasteiger partial charge is 0.135 e. The van der Waals surface area contributed by atoms with E-state index in [0.717, 1.165) is 43.3 Å². The Labute approximate surface area is 118 Å². The lowest BCUT2D eigenvalue weighted by atomic mass is 9.87. The van der Waals surface area contributed by atoms with Gasteiger partial charge in [-0.15, -0.1) is 0 Å². The Balaban J connectivity index is 1.93. The van der Waals surface area contributed by atoms with E-state index in [0.29, 0.717) is 17.4 Å². The fourth-order valence-corrected chi connectivity index (χ4v) is 3.21. The molecule has 0 saturated heterocycles. The minimum Gasteiger partial charge on any atom is -0.399 e. The molecule has 4 N–H and O–H groups in total. The second kappa shape index (κ2) is 5.42. The highest BCUT2D eigenvalue weighted by molar-refractivity contribution is 5.79. The van der Waals surface area contributed by atoms with Crippen LogP contribution in [0.3, 0.4) is 0 Å². The average molecular weight is 275 g/mol. The summed E-state index contributed by atoms with van der Waals surface area (Å²) in [5.74, 6) is 1.12. The lowest BCUT2D eigenvalue weighted by Gasteiger charge is -2.26. The summed E-state index contributed by atoms with van der Waals surface area (Å²) in [5.41, 5.74) is 8.29. The molecular weight excluding hydrogens is 254 g/mol. The highest BCUT2D eigenvalue weighted by atomic mass is 16.3.